The summed E-state index contributed by atoms with van der Waals surface area (Å²) in [4.78, 5) is 40.2. The highest BCUT2D eigenvalue weighted by molar-refractivity contribution is 7.89. The second-order valence-corrected chi connectivity index (χ2v) is 9.10. The number of hydrogen-bond donors (Lipinski definition) is 3. The van der Waals surface area contributed by atoms with Gasteiger partial charge in [0.2, 0.25) is 0 Å². The molecule has 3 N–H and O–H groups in total. The third-order valence-electron chi connectivity index (χ3n) is 4.71. The van der Waals surface area contributed by atoms with Crippen molar-refractivity contribution in [3.63, 3.8) is 0 Å². The molecule has 12 heteroatoms. The van der Waals surface area contributed by atoms with E-state index in [2.05, 4.69) is 20.3 Å². The number of nitrogens with zero attached hydrogens (tertiary/aromatic N) is 2. The molecule has 3 rings (SSSR count). The van der Waals surface area contributed by atoms with Crippen molar-refractivity contribution in [2.45, 2.75) is 37.3 Å². The fraction of sp³-hybridized carbons (Fsp3) is 0.400. The average molecular weight is 464 g/mol. The van der Waals surface area contributed by atoms with E-state index >= 15 is 0 Å². The van der Waals surface area contributed by atoms with Crippen molar-refractivity contribution < 1.29 is 27.5 Å². The summed E-state index contributed by atoms with van der Waals surface area (Å²) < 4.78 is 33.1. The van der Waals surface area contributed by atoms with Gasteiger partial charge in [-0.05, 0) is 31.9 Å². The third kappa shape index (κ3) is 6.37. The first-order chi connectivity index (χ1) is 15.2. The summed E-state index contributed by atoms with van der Waals surface area (Å²) in [6.45, 7) is 0.894. The van der Waals surface area contributed by atoms with Crippen LogP contribution in [0.4, 0.5) is 5.69 Å². The highest BCUT2D eigenvalue weighted by Crippen LogP contribution is 2.21. The molecular weight excluding hydrogens is 438 g/mol. The number of nitrogens with one attached hydrogen (secondary N) is 3. The molecule has 0 atom stereocenters. The highest BCUT2D eigenvalue weighted by Gasteiger charge is 2.25. The number of rotatable bonds is 10. The van der Waals surface area contributed by atoms with Gasteiger partial charge in [0.15, 0.2) is 11.6 Å². The van der Waals surface area contributed by atoms with Crippen molar-refractivity contribution >= 4 is 33.5 Å². The SMILES string of the molecule is Cc1nc(S(=O)(=O)NCCC(=O)OCC(=O)Nc2ccccc2C(=O)NC2CC2)cn1C. The van der Waals surface area contributed by atoms with Crippen LogP contribution in [0.25, 0.3) is 0 Å². The molecule has 1 aliphatic rings. The molecule has 1 aromatic carbocycles. The molecule has 0 bridgehead atoms. The minimum atomic E-state index is -3.85. The number of carbonyl (C=O) groups excluding carboxylic acids is 3. The number of imidazole rings is 1. The molecule has 1 aliphatic carbocycles. The Balaban J connectivity index is 1.43. The fourth-order valence-corrected chi connectivity index (χ4v) is 3.77. The van der Waals surface area contributed by atoms with Crippen LogP contribution in [0.2, 0.25) is 0 Å². The Kier molecular flexibility index (Phi) is 7.26. The van der Waals surface area contributed by atoms with Gasteiger partial charge in [0.1, 0.15) is 5.82 Å². The first-order valence-corrected chi connectivity index (χ1v) is 11.5. The van der Waals surface area contributed by atoms with E-state index in [9.17, 15) is 22.8 Å². The van der Waals surface area contributed by atoms with Crippen LogP contribution < -0.4 is 15.4 Å². The number of hydrogen-bond acceptors (Lipinski definition) is 7. The lowest BCUT2D eigenvalue weighted by atomic mass is 10.1. The molecule has 1 heterocycles. The number of sulfonamides is 1. The summed E-state index contributed by atoms with van der Waals surface area (Å²) in [5.41, 5.74) is 0.628. The van der Waals surface area contributed by atoms with E-state index in [-0.39, 0.29) is 29.9 Å². The van der Waals surface area contributed by atoms with Crippen LogP contribution in [0, 0.1) is 6.92 Å². The number of esters is 1. The van der Waals surface area contributed by atoms with Crippen molar-refractivity contribution in [3.05, 3.63) is 41.9 Å². The Bertz CT molecular complexity index is 1100. The number of amides is 2. The van der Waals surface area contributed by atoms with Gasteiger partial charge < -0.3 is 19.9 Å². The fourth-order valence-electron chi connectivity index (χ4n) is 2.70. The molecule has 2 aromatic rings. The van der Waals surface area contributed by atoms with Gasteiger partial charge in [-0.1, -0.05) is 12.1 Å². The zero-order valence-electron chi connectivity index (χ0n) is 17.8. The first-order valence-electron chi connectivity index (χ1n) is 10.0. The molecule has 2 amide bonds. The van der Waals surface area contributed by atoms with Gasteiger partial charge in [0.25, 0.3) is 21.8 Å². The molecule has 1 aromatic heterocycles. The van der Waals surface area contributed by atoms with Gasteiger partial charge in [-0.3, -0.25) is 14.4 Å². The number of carbonyl (C=O) groups is 3. The highest BCUT2D eigenvalue weighted by atomic mass is 32.2. The van der Waals surface area contributed by atoms with Crippen molar-refractivity contribution in [1.82, 2.24) is 19.6 Å². The largest absolute Gasteiger partial charge is 0.456 e. The summed E-state index contributed by atoms with van der Waals surface area (Å²) in [6, 6.07) is 6.70. The summed E-state index contributed by atoms with van der Waals surface area (Å²) in [7, 11) is -2.19. The van der Waals surface area contributed by atoms with Crippen LogP contribution in [0.15, 0.2) is 35.5 Å². The van der Waals surface area contributed by atoms with Crippen LogP contribution >= 0.6 is 0 Å². The second kappa shape index (κ2) is 9.92. The first kappa shape index (κ1) is 23.4. The maximum Gasteiger partial charge on any atom is 0.307 e. The van der Waals surface area contributed by atoms with Crippen LogP contribution in [0.5, 0.6) is 0 Å². The minimum absolute atomic E-state index is 0.144. The molecule has 1 fully saturated rings. The van der Waals surface area contributed by atoms with Crippen LogP contribution in [0.3, 0.4) is 0 Å². The van der Waals surface area contributed by atoms with Crippen molar-refractivity contribution in [3.8, 4) is 0 Å². The number of benzene rings is 1. The van der Waals surface area contributed by atoms with Gasteiger partial charge in [-0.2, -0.15) is 0 Å². The lowest BCUT2D eigenvalue weighted by Gasteiger charge is -2.11. The van der Waals surface area contributed by atoms with E-state index < -0.39 is 28.5 Å². The predicted octanol–water partition coefficient (Wildman–Crippen LogP) is 0.471. The molecular formula is C20H25N5O6S. The Morgan fingerprint density at radius 3 is 2.59 bits per heavy atom. The standard InChI is InChI=1S/C20H25N5O6S/c1-13-22-18(11-25(13)2)32(29,30)21-10-9-19(27)31-12-17(26)24-16-6-4-3-5-15(16)20(28)23-14-7-8-14/h3-6,11,14,21H,7-10,12H2,1-2H3,(H,23,28)(H,24,26). The summed E-state index contributed by atoms with van der Waals surface area (Å²) >= 11 is 0. The van der Waals surface area contributed by atoms with Gasteiger partial charge in [-0.25, -0.2) is 18.1 Å². The maximum absolute atomic E-state index is 12.3. The topological polar surface area (TPSA) is 148 Å². The van der Waals surface area contributed by atoms with E-state index in [4.69, 9.17) is 4.74 Å². The zero-order valence-corrected chi connectivity index (χ0v) is 18.6. The molecule has 172 valence electrons. The summed E-state index contributed by atoms with van der Waals surface area (Å²) in [5.74, 6) is -1.12. The van der Waals surface area contributed by atoms with E-state index in [1.807, 2.05) is 0 Å². The van der Waals surface area contributed by atoms with Gasteiger partial charge >= 0.3 is 5.97 Å². The predicted molar refractivity (Wildman–Crippen MR) is 114 cm³/mol. The Hall–Kier alpha value is -3.25. The van der Waals surface area contributed by atoms with E-state index in [1.54, 1.807) is 42.8 Å². The smallest absolute Gasteiger partial charge is 0.307 e. The summed E-state index contributed by atoms with van der Waals surface area (Å²) in [5, 5.41) is 5.26. The molecule has 0 aliphatic heterocycles. The monoisotopic (exact) mass is 463 g/mol. The molecule has 32 heavy (non-hydrogen) atoms. The van der Waals surface area contributed by atoms with Crippen molar-refractivity contribution in [2.24, 2.45) is 7.05 Å². The quantitative estimate of drug-likeness (QED) is 0.434. The molecule has 0 radical (unpaired) electrons. The molecule has 0 spiro atoms. The van der Waals surface area contributed by atoms with E-state index in [0.717, 1.165) is 12.8 Å². The maximum atomic E-state index is 12.3. The number of anilines is 1. The molecule has 0 saturated heterocycles. The second-order valence-electron chi connectivity index (χ2n) is 7.39. The van der Waals surface area contributed by atoms with Crippen LogP contribution in [-0.2, 0) is 31.4 Å². The number of aryl methyl sites for hydroxylation is 2. The summed E-state index contributed by atoms with van der Waals surface area (Å²) in [6.07, 6.45) is 2.98. The number of para-hydroxylation sites is 1. The van der Waals surface area contributed by atoms with Gasteiger partial charge in [0.05, 0.1) is 17.7 Å². The van der Waals surface area contributed by atoms with Crippen molar-refractivity contribution in [1.29, 1.82) is 0 Å². The lowest BCUT2D eigenvalue weighted by molar-refractivity contribution is -0.147. The Morgan fingerprint density at radius 1 is 1.22 bits per heavy atom. The number of aromatic nitrogens is 2. The number of ether oxygens (including phenoxy) is 1. The van der Waals surface area contributed by atoms with Crippen LogP contribution in [-0.4, -0.2) is 54.9 Å². The Labute approximate surface area is 185 Å². The van der Waals surface area contributed by atoms with E-state index in [0.29, 0.717) is 17.1 Å². The Morgan fingerprint density at radius 2 is 1.94 bits per heavy atom. The third-order valence-corrected chi connectivity index (χ3v) is 6.04. The average Bonchev–Trinajstić information content (AvgIpc) is 3.48. The molecule has 0 unspecified atom stereocenters. The molecule has 11 nitrogen and oxygen atoms in total. The van der Waals surface area contributed by atoms with E-state index in [1.165, 1.54) is 6.20 Å². The zero-order chi connectivity index (χ0) is 23.3. The van der Waals surface area contributed by atoms with Gasteiger partial charge in [0, 0.05) is 25.8 Å². The van der Waals surface area contributed by atoms with Gasteiger partial charge in [-0.15, -0.1) is 0 Å². The minimum Gasteiger partial charge on any atom is -0.456 e. The normalized spacial score (nSPS) is 13.4. The van der Waals surface area contributed by atoms with Crippen LogP contribution in [0.1, 0.15) is 35.4 Å². The van der Waals surface area contributed by atoms with Crippen molar-refractivity contribution in [2.75, 3.05) is 18.5 Å². The molecule has 1 saturated carbocycles. The lowest BCUT2D eigenvalue weighted by Crippen LogP contribution is -2.29.